The van der Waals surface area contributed by atoms with Crippen molar-refractivity contribution in [2.75, 3.05) is 14.2 Å². The lowest BCUT2D eigenvalue weighted by atomic mass is 10.1. The van der Waals surface area contributed by atoms with E-state index >= 15 is 0 Å². The summed E-state index contributed by atoms with van der Waals surface area (Å²) in [5.74, 6) is 2.40. The van der Waals surface area contributed by atoms with Crippen LogP contribution in [0.4, 0.5) is 0 Å². The Hall–Kier alpha value is -2.98. The molecule has 146 valence electrons. The van der Waals surface area contributed by atoms with Gasteiger partial charge in [-0.3, -0.25) is 0 Å². The molecule has 0 atom stereocenters. The van der Waals surface area contributed by atoms with Gasteiger partial charge in [0.25, 0.3) is 0 Å². The van der Waals surface area contributed by atoms with Gasteiger partial charge in [-0.1, -0.05) is 54.1 Å². The molecule has 0 spiro atoms. The smallest absolute Gasteiger partial charge is 0.166 e. The normalized spacial score (nSPS) is 10.5. The van der Waals surface area contributed by atoms with Crippen LogP contribution < -0.4 is 19.5 Å². The third-order valence-corrected chi connectivity index (χ3v) is 4.59. The Bertz CT molecular complexity index is 873. The summed E-state index contributed by atoms with van der Waals surface area (Å²) in [6.45, 7) is 4.04. The molecule has 0 fully saturated rings. The first kappa shape index (κ1) is 19.8. The van der Waals surface area contributed by atoms with Crippen LogP contribution in [0.15, 0.2) is 66.7 Å². The lowest BCUT2D eigenvalue weighted by Gasteiger charge is -2.16. The second-order valence-electron chi connectivity index (χ2n) is 6.67. The molecule has 28 heavy (non-hydrogen) atoms. The molecule has 4 nitrogen and oxygen atoms in total. The fourth-order valence-corrected chi connectivity index (χ4v) is 2.95. The first-order chi connectivity index (χ1) is 13.7. The average Bonchev–Trinajstić information content (AvgIpc) is 2.74. The van der Waals surface area contributed by atoms with Crippen LogP contribution >= 0.6 is 0 Å². The fraction of sp³-hybridized carbons (Fsp3) is 0.250. The Morgan fingerprint density at radius 3 is 2.14 bits per heavy atom. The van der Waals surface area contributed by atoms with E-state index < -0.39 is 0 Å². The monoisotopic (exact) mass is 377 g/mol. The number of nitrogens with one attached hydrogen (secondary N) is 1. The molecule has 1 N–H and O–H groups in total. The summed E-state index contributed by atoms with van der Waals surface area (Å²) in [7, 11) is 3.34. The fourth-order valence-electron chi connectivity index (χ4n) is 2.95. The molecule has 4 heteroatoms. The average molecular weight is 377 g/mol. The Balaban J connectivity index is 1.65. The van der Waals surface area contributed by atoms with Crippen molar-refractivity contribution in [3.63, 3.8) is 0 Å². The molecule has 0 bridgehead atoms. The van der Waals surface area contributed by atoms with Gasteiger partial charge >= 0.3 is 0 Å². The van der Waals surface area contributed by atoms with Gasteiger partial charge in [-0.05, 0) is 36.2 Å². The summed E-state index contributed by atoms with van der Waals surface area (Å²) < 4.78 is 16.9. The molecule has 0 saturated heterocycles. The van der Waals surface area contributed by atoms with Crippen LogP contribution in [0.3, 0.4) is 0 Å². The number of benzene rings is 3. The molecule has 0 radical (unpaired) electrons. The molecule has 3 aromatic rings. The molecule has 3 aromatic carbocycles. The number of aryl methyl sites for hydroxylation is 1. The highest BCUT2D eigenvalue weighted by atomic mass is 16.5. The van der Waals surface area contributed by atoms with Crippen LogP contribution in [-0.2, 0) is 19.7 Å². The van der Waals surface area contributed by atoms with Crippen molar-refractivity contribution in [2.45, 2.75) is 26.6 Å². The van der Waals surface area contributed by atoms with Gasteiger partial charge in [0.2, 0.25) is 0 Å². The first-order valence-corrected chi connectivity index (χ1v) is 9.37. The van der Waals surface area contributed by atoms with Crippen molar-refractivity contribution in [3.05, 3.63) is 89.0 Å². The lowest BCUT2D eigenvalue weighted by Crippen LogP contribution is -2.14. The Morgan fingerprint density at radius 1 is 0.750 bits per heavy atom. The third kappa shape index (κ3) is 5.27. The molecular formula is C24H27NO3. The number of ether oxygens (including phenoxy) is 3. The predicted octanol–water partition coefficient (Wildman–Crippen LogP) is 4.88. The number of para-hydroxylation sites is 1. The summed E-state index contributed by atoms with van der Waals surface area (Å²) in [5.41, 5.74) is 4.64. The van der Waals surface area contributed by atoms with Gasteiger partial charge in [0.1, 0.15) is 12.4 Å². The standard InChI is InChI=1S/C24H27NO3/c1-18-7-9-20(10-8-18)17-28-24-21(5-4-6-23(24)27-3)16-25-15-19-11-13-22(26-2)14-12-19/h4-14,25H,15-17H2,1-3H3. The van der Waals surface area contributed by atoms with Crippen molar-refractivity contribution in [1.82, 2.24) is 5.32 Å². The van der Waals surface area contributed by atoms with Crippen LogP contribution in [-0.4, -0.2) is 14.2 Å². The zero-order valence-corrected chi connectivity index (χ0v) is 16.7. The van der Waals surface area contributed by atoms with E-state index in [1.165, 1.54) is 11.1 Å². The molecule has 0 aromatic heterocycles. The van der Waals surface area contributed by atoms with Gasteiger partial charge in [0.05, 0.1) is 14.2 Å². The first-order valence-electron chi connectivity index (χ1n) is 9.37. The zero-order valence-electron chi connectivity index (χ0n) is 16.7. The predicted molar refractivity (Wildman–Crippen MR) is 112 cm³/mol. The summed E-state index contributed by atoms with van der Waals surface area (Å²) >= 11 is 0. The Labute approximate surface area is 167 Å². The minimum atomic E-state index is 0.506. The molecule has 0 saturated carbocycles. The van der Waals surface area contributed by atoms with Crippen LogP contribution in [0.1, 0.15) is 22.3 Å². The highest BCUT2D eigenvalue weighted by Crippen LogP contribution is 2.32. The maximum atomic E-state index is 6.14. The number of methoxy groups -OCH3 is 2. The van der Waals surface area contributed by atoms with E-state index in [-0.39, 0.29) is 0 Å². The van der Waals surface area contributed by atoms with Gasteiger partial charge in [-0.25, -0.2) is 0 Å². The van der Waals surface area contributed by atoms with Gasteiger partial charge in [-0.2, -0.15) is 0 Å². The second kappa shape index (κ2) is 9.81. The number of rotatable bonds is 9. The van der Waals surface area contributed by atoms with Gasteiger partial charge in [0, 0.05) is 18.7 Å². The van der Waals surface area contributed by atoms with Gasteiger partial charge in [0.15, 0.2) is 11.5 Å². The summed E-state index contributed by atoms with van der Waals surface area (Å²) in [6, 6.07) is 22.4. The van der Waals surface area contributed by atoms with Crippen molar-refractivity contribution in [2.24, 2.45) is 0 Å². The van der Waals surface area contributed by atoms with E-state index in [1.807, 2.05) is 24.3 Å². The molecular weight excluding hydrogens is 350 g/mol. The van der Waals surface area contributed by atoms with Gasteiger partial charge in [-0.15, -0.1) is 0 Å². The highest BCUT2D eigenvalue weighted by molar-refractivity contribution is 5.46. The van der Waals surface area contributed by atoms with Crippen molar-refractivity contribution in [1.29, 1.82) is 0 Å². The van der Waals surface area contributed by atoms with Crippen molar-refractivity contribution < 1.29 is 14.2 Å². The molecule has 0 heterocycles. The Morgan fingerprint density at radius 2 is 1.46 bits per heavy atom. The molecule has 0 amide bonds. The van der Waals surface area contributed by atoms with Crippen LogP contribution in [0.25, 0.3) is 0 Å². The molecule has 0 aliphatic rings. The van der Waals surface area contributed by atoms with Crippen LogP contribution in [0.5, 0.6) is 17.2 Å². The van der Waals surface area contributed by atoms with E-state index in [0.717, 1.165) is 34.9 Å². The molecule has 3 rings (SSSR count). The third-order valence-electron chi connectivity index (χ3n) is 4.59. The van der Waals surface area contributed by atoms with Crippen LogP contribution in [0, 0.1) is 6.92 Å². The van der Waals surface area contributed by atoms with E-state index in [9.17, 15) is 0 Å². The molecule has 0 unspecified atom stereocenters. The molecule has 0 aliphatic carbocycles. The quantitative estimate of drug-likeness (QED) is 0.577. The van der Waals surface area contributed by atoms with Crippen molar-refractivity contribution >= 4 is 0 Å². The largest absolute Gasteiger partial charge is 0.497 e. The van der Waals surface area contributed by atoms with Gasteiger partial charge < -0.3 is 19.5 Å². The summed E-state index contributed by atoms with van der Waals surface area (Å²) in [4.78, 5) is 0. The molecule has 0 aliphatic heterocycles. The van der Waals surface area contributed by atoms with Crippen molar-refractivity contribution in [3.8, 4) is 17.2 Å². The maximum Gasteiger partial charge on any atom is 0.166 e. The minimum Gasteiger partial charge on any atom is -0.497 e. The van der Waals surface area contributed by atoms with E-state index in [4.69, 9.17) is 14.2 Å². The summed E-state index contributed by atoms with van der Waals surface area (Å²) in [6.07, 6.45) is 0. The van der Waals surface area contributed by atoms with E-state index in [0.29, 0.717) is 13.2 Å². The number of hydrogen-bond acceptors (Lipinski definition) is 4. The van der Waals surface area contributed by atoms with Crippen LogP contribution in [0.2, 0.25) is 0 Å². The summed E-state index contributed by atoms with van der Waals surface area (Å²) in [5, 5.41) is 3.48. The minimum absolute atomic E-state index is 0.506. The highest BCUT2D eigenvalue weighted by Gasteiger charge is 2.11. The lowest BCUT2D eigenvalue weighted by molar-refractivity contribution is 0.280. The zero-order chi connectivity index (χ0) is 19.8. The second-order valence-corrected chi connectivity index (χ2v) is 6.67. The maximum absolute atomic E-state index is 6.14. The van der Waals surface area contributed by atoms with E-state index in [2.05, 4.69) is 54.7 Å². The number of hydrogen-bond donors (Lipinski definition) is 1. The topological polar surface area (TPSA) is 39.7 Å². The Kier molecular flexibility index (Phi) is 6.93. The van der Waals surface area contributed by atoms with E-state index in [1.54, 1.807) is 14.2 Å². The SMILES string of the molecule is COc1ccc(CNCc2cccc(OC)c2OCc2ccc(C)cc2)cc1.